The number of rotatable bonds is 2. The molecule has 0 aliphatic carbocycles. The molecule has 0 atom stereocenters. The average molecular weight is 208 g/mol. The molecule has 0 aromatic carbocycles. The van der Waals surface area contributed by atoms with Crippen LogP contribution in [0, 0.1) is 5.82 Å². The predicted octanol–water partition coefficient (Wildman–Crippen LogP) is 1.57. The molecule has 0 aliphatic heterocycles. The van der Waals surface area contributed by atoms with Gasteiger partial charge in [-0.3, -0.25) is 4.98 Å². The lowest BCUT2D eigenvalue weighted by Crippen LogP contribution is -1.97. The van der Waals surface area contributed by atoms with Gasteiger partial charge in [0.2, 0.25) is 0 Å². The van der Waals surface area contributed by atoms with Crippen LogP contribution in [0.4, 0.5) is 4.39 Å². The molecule has 0 amide bonds. The van der Waals surface area contributed by atoms with Crippen molar-refractivity contribution in [3.8, 4) is 11.5 Å². The minimum Gasteiger partial charge on any atom is -0.477 e. The summed E-state index contributed by atoms with van der Waals surface area (Å²) < 4.78 is 17.5. The van der Waals surface area contributed by atoms with Crippen molar-refractivity contribution in [1.29, 1.82) is 0 Å². The molecule has 6 heteroatoms. The molecule has 15 heavy (non-hydrogen) atoms. The van der Waals surface area contributed by atoms with Crippen LogP contribution in [0.15, 0.2) is 29.0 Å². The summed E-state index contributed by atoms with van der Waals surface area (Å²) in [5, 5.41) is 12.1. The second-order valence-electron chi connectivity index (χ2n) is 2.73. The van der Waals surface area contributed by atoms with Crippen LogP contribution < -0.4 is 0 Å². The summed E-state index contributed by atoms with van der Waals surface area (Å²) in [5.74, 6) is -1.77. The molecule has 0 bridgehead atoms. The monoisotopic (exact) mass is 208 g/mol. The summed E-state index contributed by atoms with van der Waals surface area (Å²) in [6.45, 7) is 0. The molecule has 2 heterocycles. The van der Waals surface area contributed by atoms with E-state index in [-0.39, 0.29) is 17.0 Å². The molecule has 0 spiro atoms. The van der Waals surface area contributed by atoms with Gasteiger partial charge in [0.05, 0.1) is 6.20 Å². The molecular formula is C9H5FN2O3. The normalized spacial score (nSPS) is 10.2. The first kappa shape index (κ1) is 9.32. The fourth-order valence-corrected chi connectivity index (χ4v) is 1.11. The maximum Gasteiger partial charge on any atom is 0.341 e. The Morgan fingerprint density at radius 1 is 1.53 bits per heavy atom. The van der Waals surface area contributed by atoms with Gasteiger partial charge in [0, 0.05) is 12.3 Å². The van der Waals surface area contributed by atoms with Gasteiger partial charge in [-0.05, 0) is 6.07 Å². The van der Waals surface area contributed by atoms with Gasteiger partial charge in [-0.1, -0.05) is 5.16 Å². The topological polar surface area (TPSA) is 76.2 Å². The first-order valence-electron chi connectivity index (χ1n) is 3.98. The van der Waals surface area contributed by atoms with Crippen LogP contribution in [-0.4, -0.2) is 21.2 Å². The Morgan fingerprint density at radius 3 is 3.00 bits per heavy atom. The zero-order valence-electron chi connectivity index (χ0n) is 7.35. The van der Waals surface area contributed by atoms with E-state index in [0.29, 0.717) is 0 Å². The Labute approximate surface area is 83.2 Å². The third kappa shape index (κ3) is 1.69. The number of aromatic carboxylic acids is 1. The minimum atomic E-state index is -1.20. The minimum absolute atomic E-state index is 0.0537. The van der Waals surface area contributed by atoms with E-state index < -0.39 is 11.8 Å². The summed E-state index contributed by atoms with van der Waals surface area (Å²) in [7, 11) is 0. The van der Waals surface area contributed by atoms with Crippen LogP contribution in [-0.2, 0) is 0 Å². The SMILES string of the molecule is O=C(O)c1cnoc1-c1cc(F)ccn1. The summed E-state index contributed by atoms with van der Waals surface area (Å²) >= 11 is 0. The first-order chi connectivity index (χ1) is 7.18. The number of nitrogens with zero attached hydrogens (tertiary/aromatic N) is 2. The van der Waals surface area contributed by atoms with Gasteiger partial charge < -0.3 is 9.63 Å². The Balaban J connectivity index is 2.54. The maximum atomic E-state index is 12.8. The highest BCUT2D eigenvalue weighted by Crippen LogP contribution is 2.21. The summed E-state index contributed by atoms with van der Waals surface area (Å²) in [6, 6.07) is 2.23. The zero-order chi connectivity index (χ0) is 10.8. The van der Waals surface area contributed by atoms with Crippen molar-refractivity contribution in [3.05, 3.63) is 35.9 Å². The van der Waals surface area contributed by atoms with E-state index in [1.807, 2.05) is 0 Å². The predicted molar refractivity (Wildman–Crippen MR) is 46.7 cm³/mol. The van der Waals surface area contributed by atoms with Crippen molar-refractivity contribution in [3.63, 3.8) is 0 Å². The van der Waals surface area contributed by atoms with E-state index in [1.165, 1.54) is 6.20 Å². The Kier molecular flexibility index (Phi) is 2.17. The van der Waals surface area contributed by atoms with Crippen molar-refractivity contribution < 1.29 is 18.8 Å². The highest BCUT2D eigenvalue weighted by Gasteiger charge is 2.18. The molecular weight excluding hydrogens is 203 g/mol. The van der Waals surface area contributed by atoms with E-state index in [4.69, 9.17) is 9.63 Å². The third-order valence-electron chi connectivity index (χ3n) is 1.76. The lowest BCUT2D eigenvalue weighted by atomic mass is 10.2. The number of carbonyl (C=O) groups is 1. The third-order valence-corrected chi connectivity index (χ3v) is 1.76. The number of hydrogen-bond acceptors (Lipinski definition) is 4. The van der Waals surface area contributed by atoms with Gasteiger partial charge in [-0.2, -0.15) is 0 Å². The highest BCUT2D eigenvalue weighted by molar-refractivity contribution is 5.93. The van der Waals surface area contributed by atoms with Crippen LogP contribution in [0.3, 0.4) is 0 Å². The Hall–Kier alpha value is -2.24. The van der Waals surface area contributed by atoms with Crippen molar-refractivity contribution in [2.75, 3.05) is 0 Å². The quantitative estimate of drug-likeness (QED) is 0.810. The number of aromatic nitrogens is 2. The number of carboxylic acids is 1. The second kappa shape index (κ2) is 3.49. The summed E-state index contributed by atoms with van der Waals surface area (Å²) in [5.41, 5.74) is -0.0435. The van der Waals surface area contributed by atoms with Gasteiger partial charge in [0.1, 0.15) is 17.1 Å². The Morgan fingerprint density at radius 2 is 2.33 bits per heavy atom. The molecule has 1 N–H and O–H groups in total. The van der Waals surface area contributed by atoms with Crippen LogP contribution >= 0.6 is 0 Å². The maximum absolute atomic E-state index is 12.8. The molecule has 0 radical (unpaired) electrons. The van der Waals surface area contributed by atoms with Crippen molar-refractivity contribution in [2.24, 2.45) is 0 Å². The highest BCUT2D eigenvalue weighted by atomic mass is 19.1. The number of pyridine rings is 1. The van der Waals surface area contributed by atoms with E-state index in [2.05, 4.69) is 10.1 Å². The van der Waals surface area contributed by atoms with Gasteiger partial charge >= 0.3 is 5.97 Å². The second-order valence-corrected chi connectivity index (χ2v) is 2.73. The van der Waals surface area contributed by atoms with Crippen molar-refractivity contribution in [1.82, 2.24) is 10.1 Å². The molecule has 2 rings (SSSR count). The molecule has 2 aromatic heterocycles. The molecule has 5 nitrogen and oxygen atoms in total. The summed E-state index contributed by atoms with van der Waals surface area (Å²) in [6.07, 6.45) is 2.27. The standard InChI is InChI=1S/C9H5FN2O3/c10-5-1-2-11-7(3-5)8-6(9(13)14)4-12-15-8/h1-4H,(H,13,14). The molecule has 0 saturated heterocycles. The fourth-order valence-electron chi connectivity index (χ4n) is 1.11. The van der Waals surface area contributed by atoms with Gasteiger partial charge in [0.15, 0.2) is 5.76 Å². The van der Waals surface area contributed by atoms with Crippen LogP contribution in [0.2, 0.25) is 0 Å². The van der Waals surface area contributed by atoms with Gasteiger partial charge in [-0.15, -0.1) is 0 Å². The molecule has 0 aliphatic rings. The molecule has 0 saturated carbocycles. The van der Waals surface area contributed by atoms with E-state index in [0.717, 1.165) is 18.3 Å². The van der Waals surface area contributed by atoms with Crippen LogP contribution in [0.25, 0.3) is 11.5 Å². The number of halogens is 1. The van der Waals surface area contributed by atoms with Crippen LogP contribution in [0.1, 0.15) is 10.4 Å². The largest absolute Gasteiger partial charge is 0.477 e. The van der Waals surface area contributed by atoms with Crippen molar-refractivity contribution in [2.45, 2.75) is 0 Å². The Bertz CT molecular complexity index is 510. The smallest absolute Gasteiger partial charge is 0.341 e. The van der Waals surface area contributed by atoms with Gasteiger partial charge in [0.25, 0.3) is 0 Å². The van der Waals surface area contributed by atoms with E-state index >= 15 is 0 Å². The number of carboxylic acid groups (broad SMARTS) is 1. The molecule has 76 valence electrons. The zero-order valence-corrected chi connectivity index (χ0v) is 7.35. The van der Waals surface area contributed by atoms with Gasteiger partial charge in [-0.25, -0.2) is 9.18 Å². The number of hydrogen-bond donors (Lipinski definition) is 1. The summed E-state index contributed by atoms with van der Waals surface area (Å²) in [4.78, 5) is 14.5. The molecule has 2 aromatic rings. The average Bonchev–Trinajstić information content (AvgIpc) is 2.65. The first-order valence-corrected chi connectivity index (χ1v) is 3.98. The molecule has 0 fully saturated rings. The lowest BCUT2D eigenvalue weighted by Gasteiger charge is -1.96. The van der Waals surface area contributed by atoms with Crippen LogP contribution in [0.5, 0.6) is 0 Å². The van der Waals surface area contributed by atoms with E-state index in [9.17, 15) is 9.18 Å². The van der Waals surface area contributed by atoms with Crippen molar-refractivity contribution >= 4 is 5.97 Å². The fraction of sp³-hybridized carbons (Fsp3) is 0. The lowest BCUT2D eigenvalue weighted by molar-refractivity contribution is 0.0697. The van der Waals surface area contributed by atoms with E-state index in [1.54, 1.807) is 0 Å². The molecule has 0 unspecified atom stereocenters.